The monoisotopic (exact) mass is 332 g/mol. The summed E-state index contributed by atoms with van der Waals surface area (Å²) in [7, 11) is -1.89. The van der Waals surface area contributed by atoms with Gasteiger partial charge in [-0.15, -0.1) is 0 Å². The van der Waals surface area contributed by atoms with Crippen molar-refractivity contribution in [2.24, 2.45) is 0 Å². The van der Waals surface area contributed by atoms with E-state index in [0.717, 1.165) is 6.42 Å². The lowest BCUT2D eigenvalue weighted by Crippen LogP contribution is -2.46. The van der Waals surface area contributed by atoms with Gasteiger partial charge in [-0.1, -0.05) is 20.8 Å². The maximum absolute atomic E-state index is 12.1. The van der Waals surface area contributed by atoms with Crippen molar-refractivity contribution in [2.45, 2.75) is 75.5 Å². The maximum Gasteiger partial charge on any atom is 0.192 e. The van der Waals surface area contributed by atoms with Gasteiger partial charge in [0.1, 0.15) is 26.9 Å². The first-order valence-electron chi connectivity index (χ1n) is 7.86. The normalized spacial score (nSPS) is 37.8. The highest BCUT2D eigenvalue weighted by atomic mass is 31.2. The fraction of sp³-hybridized carbons (Fsp3) is 1.00. The van der Waals surface area contributed by atoms with Crippen LogP contribution in [0.15, 0.2) is 0 Å². The summed E-state index contributed by atoms with van der Waals surface area (Å²) in [5.41, 5.74) is 0. The summed E-state index contributed by atoms with van der Waals surface area (Å²) in [6.45, 7) is 14.9. The van der Waals surface area contributed by atoms with Gasteiger partial charge in [0.25, 0.3) is 0 Å². The standard InChI is InChI=1S/C14H30BO4PSi/c1-14(2,3)21(6,7)19-10-8-9(17-12(10)15)11-13(18-11)20(4,5)16/h9-13H,8,15H2,1-7H3/t9-,10-,11?,12+,13?/m0/s1. The lowest BCUT2D eigenvalue weighted by molar-refractivity contribution is 0.0490. The van der Waals surface area contributed by atoms with E-state index in [1.807, 2.05) is 0 Å². The van der Waals surface area contributed by atoms with E-state index in [1.165, 1.54) is 0 Å². The SMILES string of the molecule is B[C@@H]1O[C@H](C2OC2P(C)(C)=O)C[C@@H]1O[Si](C)(C)C(C)(C)C. The molecule has 122 valence electrons. The van der Waals surface area contributed by atoms with Gasteiger partial charge in [-0.05, 0) is 31.5 Å². The largest absolute Gasteiger partial charge is 0.412 e. The fourth-order valence-electron chi connectivity index (χ4n) is 2.64. The number of hydrogen-bond acceptors (Lipinski definition) is 4. The molecule has 2 unspecified atom stereocenters. The predicted octanol–water partition coefficient (Wildman–Crippen LogP) is 2.47. The summed E-state index contributed by atoms with van der Waals surface area (Å²) in [6, 6.07) is 0.0853. The average molecular weight is 332 g/mol. The highest BCUT2D eigenvalue weighted by molar-refractivity contribution is 7.63. The van der Waals surface area contributed by atoms with Gasteiger partial charge in [0.2, 0.25) is 0 Å². The van der Waals surface area contributed by atoms with Crippen LogP contribution in [0.4, 0.5) is 0 Å². The van der Waals surface area contributed by atoms with Gasteiger partial charge in [-0.3, -0.25) is 0 Å². The molecule has 0 amide bonds. The minimum atomic E-state index is -2.18. The van der Waals surface area contributed by atoms with Crippen LogP contribution in [0.1, 0.15) is 27.2 Å². The molecule has 2 fully saturated rings. The van der Waals surface area contributed by atoms with Crippen LogP contribution in [0, 0.1) is 0 Å². The Bertz CT molecular complexity index is 445. The van der Waals surface area contributed by atoms with Crippen LogP contribution in [0.3, 0.4) is 0 Å². The second-order valence-corrected chi connectivity index (χ2v) is 16.6. The van der Waals surface area contributed by atoms with E-state index in [-0.39, 0.29) is 35.2 Å². The average Bonchev–Trinajstić information content (AvgIpc) is 2.98. The zero-order valence-corrected chi connectivity index (χ0v) is 16.6. The lowest BCUT2D eigenvalue weighted by Gasteiger charge is -2.39. The lowest BCUT2D eigenvalue weighted by atomic mass is 9.94. The van der Waals surface area contributed by atoms with Crippen LogP contribution in [-0.4, -0.2) is 59.7 Å². The third-order valence-corrected chi connectivity index (χ3v) is 11.3. The molecule has 2 aliphatic rings. The Hall–Kier alpha value is 0.392. The zero-order chi connectivity index (χ0) is 16.2. The number of rotatable bonds is 4. The number of epoxide rings is 1. The molecule has 2 saturated heterocycles. The van der Waals surface area contributed by atoms with Crippen molar-refractivity contribution in [3.63, 3.8) is 0 Å². The van der Waals surface area contributed by atoms with E-state index in [1.54, 1.807) is 13.3 Å². The number of ether oxygens (including phenoxy) is 2. The van der Waals surface area contributed by atoms with Gasteiger partial charge in [0.15, 0.2) is 8.32 Å². The molecule has 0 N–H and O–H groups in total. The molecule has 2 heterocycles. The van der Waals surface area contributed by atoms with Crippen molar-refractivity contribution < 1.29 is 18.5 Å². The first-order chi connectivity index (χ1) is 9.33. The third kappa shape index (κ3) is 3.84. The van der Waals surface area contributed by atoms with Crippen molar-refractivity contribution in [2.75, 3.05) is 13.3 Å². The van der Waals surface area contributed by atoms with E-state index < -0.39 is 15.5 Å². The molecule has 0 aromatic rings. The van der Waals surface area contributed by atoms with Gasteiger partial charge >= 0.3 is 0 Å². The van der Waals surface area contributed by atoms with Crippen LogP contribution in [0.2, 0.25) is 18.1 Å². The van der Waals surface area contributed by atoms with Crippen LogP contribution in [0.25, 0.3) is 0 Å². The Morgan fingerprint density at radius 1 is 1.24 bits per heavy atom. The molecule has 0 radical (unpaired) electrons. The molecule has 4 nitrogen and oxygen atoms in total. The topological polar surface area (TPSA) is 48.1 Å². The van der Waals surface area contributed by atoms with Crippen molar-refractivity contribution in [3.8, 4) is 0 Å². The summed E-state index contributed by atoms with van der Waals surface area (Å²) in [6.07, 6.45) is 1.03. The van der Waals surface area contributed by atoms with Crippen LogP contribution in [0.5, 0.6) is 0 Å². The molecule has 0 spiro atoms. The molecular weight excluding hydrogens is 302 g/mol. The minimum absolute atomic E-state index is 0.00120. The van der Waals surface area contributed by atoms with E-state index >= 15 is 0 Å². The minimum Gasteiger partial charge on any atom is -0.412 e. The van der Waals surface area contributed by atoms with E-state index in [9.17, 15) is 4.57 Å². The Morgan fingerprint density at radius 2 is 1.81 bits per heavy atom. The second-order valence-electron chi connectivity index (χ2n) is 8.46. The number of hydrogen-bond donors (Lipinski definition) is 0. The van der Waals surface area contributed by atoms with Crippen LogP contribution in [-0.2, 0) is 18.5 Å². The van der Waals surface area contributed by atoms with E-state index in [0.29, 0.717) is 0 Å². The van der Waals surface area contributed by atoms with Crippen molar-refractivity contribution in [1.82, 2.24) is 0 Å². The molecule has 2 aliphatic heterocycles. The predicted molar refractivity (Wildman–Crippen MR) is 92.0 cm³/mol. The summed E-state index contributed by atoms with van der Waals surface area (Å²) < 4.78 is 30.2. The van der Waals surface area contributed by atoms with Crippen LogP contribution < -0.4 is 0 Å². The third-order valence-electron chi connectivity index (χ3n) is 5.11. The molecule has 0 saturated carbocycles. The summed E-state index contributed by atoms with van der Waals surface area (Å²) in [4.78, 5) is 0. The van der Waals surface area contributed by atoms with E-state index in [4.69, 9.17) is 13.9 Å². The van der Waals surface area contributed by atoms with Gasteiger partial charge in [0.05, 0.1) is 12.2 Å². The highest BCUT2D eigenvalue weighted by Gasteiger charge is 2.56. The highest BCUT2D eigenvalue weighted by Crippen LogP contribution is 2.56. The summed E-state index contributed by atoms with van der Waals surface area (Å²) >= 11 is 0. The van der Waals surface area contributed by atoms with Gasteiger partial charge < -0.3 is 18.5 Å². The Labute approximate surface area is 131 Å². The Balaban J connectivity index is 1.96. The van der Waals surface area contributed by atoms with Crippen molar-refractivity contribution in [3.05, 3.63) is 0 Å². The molecule has 7 heteroatoms. The smallest absolute Gasteiger partial charge is 0.192 e. The molecule has 5 atom stereocenters. The van der Waals surface area contributed by atoms with Crippen molar-refractivity contribution >= 4 is 23.3 Å². The molecule has 0 bridgehead atoms. The first-order valence-corrected chi connectivity index (χ1v) is 13.4. The fourth-order valence-corrected chi connectivity index (χ4v) is 5.37. The first kappa shape index (κ1) is 17.7. The summed E-state index contributed by atoms with van der Waals surface area (Å²) in [5.74, 6) is -0.110. The molecule has 0 aromatic carbocycles. The van der Waals surface area contributed by atoms with Gasteiger partial charge in [0, 0.05) is 12.4 Å². The summed E-state index contributed by atoms with van der Waals surface area (Å²) in [5, 5.41) is 0.200. The molecular formula is C14H30BO4PSi. The Morgan fingerprint density at radius 3 is 2.24 bits per heavy atom. The van der Waals surface area contributed by atoms with Gasteiger partial charge in [-0.25, -0.2) is 0 Å². The molecule has 21 heavy (non-hydrogen) atoms. The Kier molecular flexibility index (Phi) is 4.63. The van der Waals surface area contributed by atoms with Gasteiger partial charge in [-0.2, -0.15) is 0 Å². The molecule has 0 aromatic heterocycles. The molecule has 0 aliphatic carbocycles. The van der Waals surface area contributed by atoms with Crippen LogP contribution >= 0.6 is 7.14 Å². The maximum atomic E-state index is 12.1. The van der Waals surface area contributed by atoms with E-state index in [2.05, 4.69) is 41.7 Å². The quantitative estimate of drug-likeness (QED) is 0.451. The second kappa shape index (κ2) is 5.48. The van der Waals surface area contributed by atoms with Crippen molar-refractivity contribution in [1.29, 1.82) is 0 Å². The zero-order valence-electron chi connectivity index (χ0n) is 14.7. The molecule has 2 rings (SSSR count).